The fourth-order valence-electron chi connectivity index (χ4n) is 2.32. The molecular weight excluding hydrogens is 338 g/mol. The molecule has 2 aromatic rings. The molecule has 2 nitrogen and oxygen atoms in total. The number of nitrogens with two attached hydrogens (primary N) is 1. The van der Waals surface area contributed by atoms with Crippen molar-refractivity contribution in [3.8, 4) is 0 Å². The molecule has 0 bridgehead atoms. The Labute approximate surface area is 132 Å². The van der Waals surface area contributed by atoms with Crippen LogP contribution in [0.15, 0.2) is 46.9 Å². The maximum Gasteiger partial charge on any atom is 0.0873 e. The molecule has 0 aliphatic carbocycles. The maximum atomic E-state index is 10.7. The van der Waals surface area contributed by atoms with E-state index in [1.54, 1.807) is 0 Å². The summed E-state index contributed by atoms with van der Waals surface area (Å²) in [6.45, 7) is 2.35. The molecule has 0 aromatic heterocycles. The standard InChI is InChI=1S/C16H17BrClNO/c1-10-13(3-2-4-15(10)17)16(20)14(9-19)11-5-7-12(18)8-6-11/h2-8,14,16,20H,9,19H2,1H3. The monoisotopic (exact) mass is 353 g/mol. The van der Waals surface area contributed by atoms with Crippen LogP contribution in [0.25, 0.3) is 0 Å². The Balaban J connectivity index is 2.36. The molecule has 0 saturated carbocycles. The minimum absolute atomic E-state index is 0.153. The third-order valence-electron chi connectivity index (χ3n) is 3.56. The van der Waals surface area contributed by atoms with Crippen LogP contribution in [-0.4, -0.2) is 11.7 Å². The van der Waals surface area contributed by atoms with Crippen molar-refractivity contribution in [2.75, 3.05) is 6.54 Å². The van der Waals surface area contributed by atoms with E-state index in [1.165, 1.54) is 0 Å². The highest BCUT2D eigenvalue weighted by atomic mass is 79.9. The first-order valence-electron chi connectivity index (χ1n) is 6.43. The Hall–Kier alpha value is -0.870. The number of hydrogen-bond donors (Lipinski definition) is 2. The summed E-state index contributed by atoms with van der Waals surface area (Å²) in [6, 6.07) is 13.3. The van der Waals surface area contributed by atoms with Crippen molar-refractivity contribution >= 4 is 27.5 Å². The first kappa shape index (κ1) is 15.5. The maximum absolute atomic E-state index is 10.7. The summed E-state index contributed by atoms with van der Waals surface area (Å²) in [6.07, 6.45) is -0.640. The molecule has 0 radical (unpaired) electrons. The van der Waals surface area contributed by atoms with Gasteiger partial charge in [-0.15, -0.1) is 0 Å². The van der Waals surface area contributed by atoms with E-state index >= 15 is 0 Å². The Morgan fingerprint density at radius 3 is 2.45 bits per heavy atom. The van der Waals surface area contributed by atoms with E-state index in [9.17, 15) is 5.11 Å². The average molecular weight is 355 g/mol. The molecule has 0 aliphatic heterocycles. The van der Waals surface area contributed by atoms with E-state index in [-0.39, 0.29) is 5.92 Å². The van der Waals surface area contributed by atoms with Crippen LogP contribution in [0.5, 0.6) is 0 Å². The lowest BCUT2D eigenvalue weighted by Crippen LogP contribution is -2.20. The van der Waals surface area contributed by atoms with Gasteiger partial charge in [0.2, 0.25) is 0 Å². The van der Waals surface area contributed by atoms with Crippen molar-refractivity contribution < 1.29 is 5.11 Å². The highest BCUT2D eigenvalue weighted by molar-refractivity contribution is 9.10. The molecule has 0 fully saturated rings. The van der Waals surface area contributed by atoms with Crippen LogP contribution >= 0.6 is 27.5 Å². The molecule has 106 valence electrons. The largest absolute Gasteiger partial charge is 0.388 e. The van der Waals surface area contributed by atoms with Gasteiger partial charge in [0.15, 0.2) is 0 Å². The Bertz CT molecular complexity index is 586. The van der Waals surface area contributed by atoms with Gasteiger partial charge in [0.05, 0.1) is 6.10 Å². The van der Waals surface area contributed by atoms with E-state index in [0.717, 1.165) is 21.2 Å². The number of aliphatic hydroxyl groups excluding tert-OH is 1. The molecule has 3 N–H and O–H groups in total. The zero-order valence-corrected chi connectivity index (χ0v) is 13.5. The fraction of sp³-hybridized carbons (Fsp3) is 0.250. The van der Waals surface area contributed by atoms with Gasteiger partial charge in [-0.2, -0.15) is 0 Å². The van der Waals surface area contributed by atoms with Crippen molar-refractivity contribution in [2.24, 2.45) is 5.73 Å². The molecule has 0 heterocycles. The zero-order chi connectivity index (χ0) is 14.7. The van der Waals surface area contributed by atoms with Gasteiger partial charge in [0.1, 0.15) is 0 Å². The molecule has 2 atom stereocenters. The van der Waals surface area contributed by atoms with Gasteiger partial charge in [-0.1, -0.05) is 51.8 Å². The normalized spacial score (nSPS) is 14.1. The van der Waals surface area contributed by atoms with Crippen LogP contribution < -0.4 is 5.73 Å². The minimum atomic E-state index is -0.640. The first-order valence-corrected chi connectivity index (χ1v) is 7.60. The summed E-state index contributed by atoms with van der Waals surface area (Å²) in [5.41, 5.74) is 8.78. The van der Waals surface area contributed by atoms with Gasteiger partial charge in [-0.3, -0.25) is 0 Å². The Morgan fingerprint density at radius 2 is 1.85 bits per heavy atom. The Kier molecular flexibility index (Phi) is 5.22. The fourth-order valence-corrected chi connectivity index (χ4v) is 2.83. The van der Waals surface area contributed by atoms with E-state index in [1.807, 2.05) is 49.4 Å². The van der Waals surface area contributed by atoms with E-state index in [0.29, 0.717) is 11.6 Å². The van der Waals surface area contributed by atoms with Gasteiger partial charge in [-0.25, -0.2) is 0 Å². The van der Waals surface area contributed by atoms with Crippen molar-refractivity contribution in [1.82, 2.24) is 0 Å². The third-order valence-corrected chi connectivity index (χ3v) is 4.67. The van der Waals surface area contributed by atoms with Gasteiger partial charge >= 0.3 is 0 Å². The molecule has 0 amide bonds. The summed E-state index contributed by atoms with van der Waals surface area (Å²) < 4.78 is 0.987. The van der Waals surface area contributed by atoms with Crippen LogP contribution in [0.3, 0.4) is 0 Å². The van der Waals surface area contributed by atoms with E-state index in [2.05, 4.69) is 15.9 Å². The lowest BCUT2D eigenvalue weighted by atomic mass is 9.87. The van der Waals surface area contributed by atoms with E-state index in [4.69, 9.17) is 17.3 Å². The number of hydrogen-bond acceptors (Lipinski definition) is 2. The molecular formula is C16H17BrClNO. The molecule has 2 unspecified atom stereocenters. The second-order valence-electron chi connectivity index (χ2n) is 4.79. The third kappa shape index (κ3) is 3.23. The summed E-state index contributed by atoms with van der Waals surface area (Å²) in [5.74, 6) is -0.153. The molecule has 2 rings (SSSR count). The number of rotatable bonds is 4. The minimum Gasteiger partial charge on any atom is -0.388 e. The van der Waals surface area contributed by atoms with Gasteiger partial charge in [0, 0.05) is 22.0 Å². The topological polar surface area (TPSA) is 46.2 Å². The number of aliphatic hydroxyl groups is 1. The lowest BCUT2D eigenvalue weighted by Gasteiger charge is -2.24. The summed E-state index contributed by atoms with van der Waals surface area (Å²) in [5, 5.41) is 11.4. The lowest BCUT2D eigenvalue weighted by molar-refractivity contribution is 0.146. The summed E-state index contributed by atoms with van der Waals surface area (Å²) in [4.78, 5) is 0. The second kappa shape index (κ2) is 6.72. The molecule has 2 aromatic carbocycles. The van der Waals surface area contributed by atoms with Crippen LogP contribution in [0.1, 0.15) is 28.7 Å². The quantitative estimate of drug-likeness (QED) is 0.865. The zero-order valence-electron chi connectivity index (χ0n) is 11.2. The van der Waals surface area contributed by atoms with E-state index < -0.39 is 6.10 Å². The van der Waals surface area contributed by atoms with Gasteiger partial charge in [-0.05, 0) is 41.8 Å². The van der Waals surface area contributed by atoms with Crippen LogP contribution in [0.2, 0.25) is 5.02 Å². The van der Waals surface area contributed by atoms with Crippen molar-refractivity contribution in [2.45, 2.75) is 18.9 Å². The number of halogens is 2. The predicted octanol–water partition coefficient (Wildman–Crippen LogP) is 4.19. The summed E-state index contributed by atoms with van der Waals surface area (Å²) in [7, 11) is 0. The Morgan fingerprint density at radius 1 is 1.20 bits per heavy atom. The van der Waals surface area contributed by atoms with Crippen LogP contribution in [0.4, 0.5) is 0 Å². The molecule has 4 heteroatoms. The van der Waals surface area contributed by atoms with Crippen molar-refractivity contribution in [3.05, 3.63) is 68.7 Å². The average Bonchev–Trinajstić information content (AvgIpc) is 2.44. The molecule has 0 spiro atoms. The molecule has 0 aliphatic rings. The van der Waals surface area contributed by atoms with Gasteiger partial charge < -0.3 is 10.8 Å². The van der Waals surface area contributed by atoms with Crippen molar-refractivity contribution in [1.29, 1.82) is 0 Å². The van der Waals surface area contributed by atoms with Crippen LogP contribution in [0, 0.1) is 6.92 Å². The highest BCUT2D eigenvalue weighted by Crippen LogP contribution is 2.34. The first-order chi connectivity index (χ1) is 9.54. The molecule has 0 saturated heterocycles. The smallest absolute Gasteiger partial charge is 0.0873 e. The second-order valence-corrected chi connectivity index (χ2v) is 6.08. The van der Waals surface area contributed by atoms with Crippen LogP contribution in [-0.2, 0) is 0 Å². The molecule has 20 heavy (non-hydrogen) atoms. The predicted molar refractivity (Wildman–Crippen MR) is 87.1 cm³/mol. The summed E-state index contributed by atoms with van der Waals surface area (Å²) >= 11 is 9.39. The van der Waals surface area contributed by atoms with Gasteiger partial charge in [0.25, 0.3) is 0 Å². The SMILES string of the molecule is Cc1c(Br)cccc1C(O)C(CN)c1ccc(Cl)cc1. The number of benzene rings is 2. The van der Waals surface area contributed by atoms with Crippen molar-refractivity contribution in [3.63, 3.8) is 0 Å². The highest BCUT2D eigenvalue weighted by Gasteiger charge is 2.23.